The first-order valence-electron chi connectivity index (χ1n) is 9.47. The number of piperidine rings is 1. The number of ether oxygens (including phenoxy) is 1. The van der Waals surface area contributed by atoms with Gasteiger partial charge in [0.2, 0.25) is 5.91 Å². The molecule has 2 rings (SSSR count). The predicted octanol–water partition coefficient (Wildman–Crippen LogP) is 2.37. The lowest BCUT2D eigenvalue weighted by Crippen LogP contribution is -2.41. The average molecular weight is 362 g/mol. The van der Waals surface area contributed by atoms with Crippen LogP contribution < -0.4 is 15.4 Å². The highest BCUT2D eigenvalue weighted by Crippen LogP contribution is 2.19. The van der Waals surface area contributed by atoms with Gasteiger partial charge in [-0.25, -0.2) is 4.79 Å². The first-order chi connectivity index (χ1) is 12.5. The van der Waals surface area contributed by atoms with Crippen molar-refractivity contribution >= 4 is 11.9 Å². The maximum Gasteiger partial charge on any atom is 0.326 e. The topological polar surface area (TPSA) is 87.7 Å². The van der Waals surface area contributed by atoms with Gasteiger partial charge in [-0.1, -0.05) is 18.6 Å². The molecule has 26 heavy (non-hydrogen) atoms. The monoisotopic (exact) mass is 362 g/mol. The molecule has 1 amide bonds. The van der Waals surface area contributed by atoms with Gasteiger partial charge in [0.05, 0.1) is 6.61 Å². The molecule has 0 aromatic heterocycles. The van der Waals surface area contributed by atoms with Crippen LogP contribution in [0.5, 0.6) is 5.75 Å². The van der Waals surface area contributed by atoms with Gasteiger partial charge >= 0.3 is 5.97 Å². The number of hydrogen-bond acceptors (Lipinski definition) is 4. The summed E-state index contributed by atoms with van der Waals surface area (Å²) in [6.45, 7) is 4.32. The molecule has 1 aromatic rings. The third kappa shape index (κ3) is 7.44. The molecule has 1 fully saturated rings. The fourth-order valence-electron chi connectivity index (χ4n) is 3.30. The van der Waals surface area contributed by atoms with Crippen molar-refractivity contribution in [1.82, 2.24) is 10.6 Å². The number of aliphatic carboxylic acids is 1. The summed E-state index contributed by atoms with van der Waals surface area (Å²) >= 11 is 0. The van der Waals surface area contributed by atoms with Gasteiger partial charge in [0, 0.05) is 13.3 Å². The quantitative estimate of drug-likeness (QED) is 0.556. The van der Waals surface area contributed by atoms with E-state index in [1.54, 1.807) is 0 Å². The molecule has 0 saturated carbocycles. The molecular formula is C20H30N2O4. The van der Waals surface area contributed by atoms with E-state index >= 15 is 0 Å². The number of carbonyl (C=O) groups is 2. The molecule has 1 atom stereocenters. The van der Waals surface area contributed by atoms with Crippen LogP contribution >= 0.6 is 0 Å². The predicted molar refractivity (Wildman–Crippen MR) is 100 cm³/mol. The lowest BCUT2D eigenvalue weighted by atomic mass is 9.93. The minimum atomic E-state index is -1.03. The second-order valence-electron chi connectivity index (χ2n) is 6.98. The smallest absolute Gasteiger partial charge is 0.326 e. The fourth-order valence-corrected chi connectivity index (χ4v) is 3.30. The normalized spacial score (nSPS) is 16.0. The third-order valence-corrected chi connectivity index (χ3v) is 4.77. The molecule has 6 nitrogen and oxygen atoms in total. The molecule has 0 bridgehead atoms. The van der Waals surface area contributed by atoms with Crippen LogP contribution in [0.25, 0.3) is 0 Å². The molecule has 0 aliphatic carbocycles. The van der Waals surface area contributed by atoms with Crippen LogP contribution in [0.15, 0.2) is 24.3 Å². The van der Waals surface area contributed by atoms with Gasteiger partial charge < -0.3 is 20.5 Å². The Kier molecular flexibility index (Phi) is 8.41. The van der Waals surface area contributed by atoms with E-state index in [0.717, 1.165) is 36.7 Å². The Morgan fingerprint density at radius 3 is 2.54 bits per heavy atom. The van der Waals surface area contributed by atoms with Crippen molar-refractivity contribution in [2.75, 3.05) is 19.7 Å². The van der Waals surface area contributed by atoms with E-state index in [1.807, 2.05) is 24.3 Å². The van der Waals surface area contributed by atoms with Crippen LogP contribution in [0.2, 0.25) is 0 Å². The van der Waals surface area contributed by atoms with Gasteiger partial charge in [-0.05, 0) is 62.4 Å². The zero-order chi connectivity index (χ0) is 18.8. The molecule has 6 heteroatoms. The van der Waals surface area contributed by atoms with Gasteiger partial charge in [-0.3, -0.25) is 4.79 Å². The lowest BCUT2D eigenvalue weighted by Gasteiger charge is -2.22. The Morgan fingerprint density at radius 1 is 1.23 bits per heavy atom. The van der Waals surface area contributed by atoms with Gasteiger partial charge in [-0.2, -0.15) is 0 Å². The number of unbranched alkanes of at least 4 members (excludes halogenated alkanes) is 1. The van der Waals surface area contributed by atoms with E-state index in [0.29, 0.717) is 6.61 Å². The summed E-state index contributed by atoms with van der Waals surface area (Å²) < 4.78 is 5.77. The maximum absolute atomic E-state index is 11.2. The molecule has 0 radical (unpaired) electrons. The number of amides is 1. The first-order valence-corrected chi connectivity index (χ1v) is 9.47. The Balaban J connectivity index is 1.67. The number of carboxylic acids is 1. The molecule has 1 aliphatic rings. The van der Waals surface area contributed by atoms with E-state index in [-0.39, 0.29) is 12.3 Å². The number of rotatable bonds is 10. The molecule has 1 saturated heterocycles. The van der Waals surface area contributed by atoms with Crippen molar-refractivity contribution in [3.8, 4) is 5.75 Å². The van der Waals surface area contributed by atoms with Crippen molar-refractivity contribution in [2.24, 2.45) is 5.92 Å². The van der Waals surface area contributed by atoms with E-state index in [1.165, 1.54) is 32.6 Å². The molecule has 144 valence electrons. The number of carboxylic acid groups (broad SMARTS) is 1. The largest absolute Gasteiger partial charge is 0.494 e. The standard InChI is InChI=1S/C20H30N2O4/c1-15(23)22-19(20(24)25)14-17-5-7-18(8-6-17)26-13-3-2-4-16-9-11-21-12-10-16/h5-8,16,19,21H,2-4,9-14H2,1H3,(H,22,23)(H,24,25)/t19-/m0/s1. The second-order valence-corrected chi connectivity index (χ2v) is 6.98. The zero-order valence-corrected chi connectivity index (χ0v) is 15.5. The van der Waals surface area contributed by atoms with Crippen LogP contribution in [-0.4, -0.2) is 42.7 Å². The van der Waals surface area contributed by atoms with Gasteiger partial charge in [-0.15, -0.1) is 0 Å². The molecular weight excluding hydrogens is 332 g/mol. The Labute approximate surface area is 155 Å². The SMILES string of the molecule is CC(=O)N[C@@H](Cc1ccc(OCCCCC2CCNCC2)cc1)C(=O)O. The van der Waals surface area contributed by atoms with E-state index in [4.69, 9.17) is 9.84 Å². The zero-order valence-electron chi connectivity index (χ0n) is 15.5. The molecule has 0 unspecified atom stereocenters. The third-order valence-electron chi connectivity index (χ3n) is 4.77. The van der Waals surface area contributed by atoms with Crippen LogP contribution in [0.3, 0.4) is 0 Å². The van der Waals surface area contributed by atoms with Crippen LogP contribution in [-0.2, 0) is 16.0 Å². The van der Waals surface area contributed by atoms with Crippen LogP contribution in [0.1, 0.15) is 44.6 Å². The van der Waals surface area contributed by atoms with Crippen molar-refractivity contribution in [3.63, 3.8) is 0 Å². The Hall–Kier alpha value is -2.08. The summed E-state index contributed by atoms with van der Waals surface area (Å²) in [5.41, 5.74) is 0.851. The highest BCUT2D eigenvalue weighted by Gasteiger charge is 2.18. The average Bonchev–Trinajstić information content (AvgIpc) is 2.62. The maximum atomic E-state index is 11.2. The van der Waals surface area contributed by atoms with Crippen molar-refractivity contribution in [1.29, 1.82) is 0 Å². The van der Waals surface area contributed by atoms with Gasteiger partial charge in [0.25, 0.3) is 0 Å². The summed E-state index contributed by atoms with van der Waals surface area (Å²) in [5, 5.41) is 15.0. The Morgan fingerprint density at radius 2 is 1.92 bits per heavy atom. The molecule has 3 N–H and O–H groups in total. The van der Waals surface area contributed by atoms with E-state index in [2.05, 4.69) is 10.6 Å². The van der Waals surface area contributed by atoms with Crippen molar-refractivity contribution < 1.29 is 19.4 Å². The fraction of sp³-hybridized carbons (Fsp3) is 0.600. The number of nitrogens with one attached hydrogen (secondary N) is 2. The number of carbonyl (C=O) groups excluding carboxylic acids is 1. The van der Waals surface area contributed by atoms with Crippen molar-refractivity contribution in [3.05, 3.63) is 29.8 Å². The second kappa shape index (κ2) is 10.8. The van der Waals surface area contributed by atoms with Crippen LogP contribution in [0, 0.1) is 5.92 Å². The highest BCUT2D eigenvalue weighted by molar-refractivity contribution is 5.82. The summed E-state index contributed by atoms with van der Waals surface area (Å²) in [5.74, 6) is 0.277. The van der Waals surface area contributed by atoms with Gasteiger partial charge in [0.15, 0.2) is 0 Å². The van der Waals surface area contributed by atoms with Crippen molar-refractivity contribution in [2.45, 2.75) is 51.5 Å². The number of hydrogen-bond donors (Lipinski definition) is 3. The number of benzene rings is 1. The molecule has 0 spiro atoms. The highest BCUT2D eigenvalue weighted by atomic mass is 16.5. The summed E-state index contributed by atoms with van der Waals surface area (Å²) in [6, 6.07) is 6.50. The molecule has 1 aliphatic heterocycles. The molecule has 1 heterocycles. The minimum absolute atomic E-state index is 0.255. The summed E-state index contributed by atoms with van der Waals surface area (Å²) in [4.78, 5) is 22.3. The molecule has 1 aromatic carbocycles. The van der Waals surface area contributed by atoms with Gasteiger partial charge in [0.1, 0.15) is 11.8 Å². The summed E-state index contributed by atoms with van der Waals surface area (Å²) in [6.07, 6.45) is 6.36. The van der Waals surface area contributed by atoms with E-state index in [9.17, 15) is 9.59 Å². The van der Waals surface area contributed by atoms with Crippen LogP contribution in [0.4, 0.5) is 0 Å². The summed E-state index contributed by atoms with van der Waals surface area (Å²) in [7, 11) is 0. The lowest BCUT2D eigenvalue weighted by molar-refractivity contribution is -0.141. The Bertz CT molecular complexity index is 568. The first kappa shape index (κ1) is 20.2. The van der Waals surface area contributed by atoms with E-state index < -0.39 is 12.0 Å². The minimum Gasteiger partial charge on any atom is -0.494 e.